The summed E-state index contributed by atoms with van der Waals surface area (Å²) in [5.74, 6) is 0.300. The summed E-state index contributed by atoms with van der Waals surface area (Å²) >= 11 is 1.39. The lowest BCUT2D eigenvalue weighted by molar-refractivity contribution is -0.116. The van der Waals surface area contributed by atoms with Crippen LogP contribution in [0.15, 0.2) is 76.2 Å². The lowest BCUT2D eigenvalue weighted by Crippen LogP contribution is -2.31. The van der Waals surface area contributed by atoms with E-state index < -0.39 is 0 Å². The normalized spacial score (nSPS) is 10.4. The standard InChI is InChI=1S/C23H23N3O4S/c1-16(27)25-17-9-11-19(12-10-17)31-15-22(28)26(2)21-8-4-3-7-20(21)23(29)24-14-18-6-5-13-30-18/h3-13H,14-15H2,1-2H3,(H,24,29)(H,25,27). The first-order valence-electron chi connectivity index (χ1n) is 9.60. The van der Waals surface area contributed by atoms with Crippen LogP contribution in [0.5, 0.6) is 0 Å². The smallest absolute Gasteiger partial charge is 0.253 e. The van der Waals surface area contributed by atoms with Crippen LogP contribution in [-0.2, 0) is 16.1 Å². The fourth-order valence-corrected chi connectivity index (χ4v) is 3.66. The van der Waals surface area contributed by atoms with Crippen LogP contribution < -0.4 is 15.5 Å². The fraction of sp³-hybridized carbons (Fsp3) is 0.174. The third-order valence-electron chi connectivity index (χ3n) is 4.42. The molecule has 0 bridgehead atoms. The van der Waals surface area contributed by atoms with Gasteiger partial charge in [-0.1, -0.05) is 12.1 Å². The fourth-order valence-electron chi connectivity index (χ4n) is 2.85. The second kappa shape index (κ2) is 10.5. The zero-order chi connectivity index (χ0) is 22.2. The second-order valence-corrected chi connectivity index (χ2v) is 7.77. The number of nitrogens with zero attached hydrogens (tertiary/aromatic N) is 1. The van der Waals surface area contributed by atoms with Crippen LogP contribution >= 0.6 is 11.8 Å². The van der Waals surface area contributed by atoms with Crippen molar-refractivity contribution in [2.24, 2.45) is 0 Å². The van der Waals surface area contributed by atoms with Crippen molar-refractivity contribution in [1.29, 1.82) is 0 Å². The van der Waals surface area contributed by atoms with Gasteiger partial charge < -0.3 is 20.0 Å². The minimum Gasteiger partial charge on any atom is -0.467 e. The lowest BCUT2D eigenvalue weighted by atomic mass is 10.1. The molecule has 0 saturated carbocycles. The molecule has 0 fully saturated rings. The number of carbonyl (C=O) groups is 3. The van der Waals surface area contributed by atoms with Crippen molar-refractivity contribution in [3.05, 3.63) is 78.3 Å². The van der Waals surface area contributed by atoms with Crippen molar-refractivity contribution >= 4 is 40.9 Å². The highest BCUT2D eigenvalue weighted by atomic mass is 32.2. The molecule has 2 aromatic carbocycles. The van der Waals surface area contributed by atoms with E-state index in [4.69, 9.17) is 4.42 Å². The zero-order valence-corrected chi connectivity index (χ0v) is 18.1. The summed E-state index contributed by atoms with van der Waals surface area (Å²) in [6, 6.07) is 17.8. The van der Waals surface area contributed by atoms with E-state index in [0.29, 0.717) is 22.7 Å². The van der Waals surface area contributed by atoms with E-state index in [1.807, 2.05) is 12.1 Å². The van der Waals surface area contributed by atoms with Crippen molar-refractivity contribution in [2.75, 3.05) is 23.0 Å². The maximum absolute atomic E-state index is 12.8. The third-order valence-corrected chi connectivity index (χ3v) is 5.42. The molecule has 31 heavy (non-hydrogen) atoms. The lowest BCUT2D eigenvalue weighted by Gasteiger charge is -2.20. The maximum Gasteiger partial charge on any atom is 0.253 e. The Hall–Kier alpha value is -3.52. The van der Waals surface area contributed by atoms with Crippen molar-refractivity contribution in [1.82, 2.24) is 5.32 Å². The molecule has 0 atom stereocenters. The highest BCUT2D eigenvalue weighted by Gasteiger charge is 2.18. The summed E-state index contributed by atoms with van der Waals surface area (Å²) in [5.41, 5.74) is 1.65. The van der Waals surface area contributed by atoms with Gasteiger partial charge in [0.2, 0.25) is 11.8 Å². The molecule has 3 rings (SSSR count). The van der Waals surface area contributed by atoms with Gasteiger partial charge in [0.25, 0.3) is 5.91 Å². The molecule has 1 aromatic heterocycles. The summed E-state index contributed by atoms with van der Waals surface area (Å²) in [7, 11) is 1.65. The van der Waals surface area contributed by atoms with Crippen molar-refractivity contribution < 1.29 is 18.8 Å². The first-order chi connectivity index (χ1) is 14.9. The number of hydrogen-bond acceptors (Lipinski definition) is 5. The van der Waals surface area contributed by atoms with E-state index >= 15 is 0 Å². The SMILES string of the molecule is CC(=O)Nc1ccc(SCC(=O)N(C)c2ccccc2C(=O)NCc2ccco2)cc1. The minimum absolute atomic E-state index is 0.135. The Morgan fingerprint density at radius 3 is 2.42 bits per heavy atom. The van der Waals surface area contributed by atoms with Crippen LogP contribution in [0.25, 0.3) is 0 Å². The molecule has 2 N–H and O–H groups in total. The van der Waals surface area contributed by atoms with Gasteiger partial charge in [-0.05, 0) is 48.5 Å². The topological polar surface area (TPSA) is 91.7 Å². The Bertz CT molecular complexity index is 1050. The summed E-state index contributed by atoms with van der Waals surface area (Å²) in [5, 5.41) is 5.51. The van der Waals surface area contributed by atoms with Crippen molar-refractivity contribution in [3.63, 3.8) is 0 Å². The molecule has 0 unspecified atom stereocenters. The predicted molar refractivity (Wildman–Crippen MR) is 121 cm³/mol. The highest BCUT2D eigenvalue weighted by Crippen LogP contribution is 2.24. The first kappa shape index (κ1) is 22.2. The number of thioether (sulfide) groups is 1. The van der Waals surface area contributed by atoms with Gasteiger partial charge in [-0.3, -0.25) is 14.4 Å². The Labute approximate surface area is 184 Å². The monoisotopic (exact) mass is 437 g/mol. The summed E-state index contributed by atoms with van der Waals surface area (Å²) < 4.78 is 5.23. The van der Waals surface area contributed by atoms with E-state index in [9.17, 15) is 14.4 Å². The van der Waals surface area contributed by atoms with Crippen LogP contribution in [0, 0.1) is 0 Å². The van der Waals surface area contributed by atoms with Crippen LogP contribution in [-0.4, -0.2) is 30.5 Å². The molecule has 8 heteroatoms. The number of rotatable bonds is 8. The van der Waals surface area contributed by atoms with Crippen LogP contribution in [0.3, 0.4) is 0 Å². The van der Waals surface area contributed by atoms with E-state index in [1.54, 1.807) is 61.8 Å². The number of nitrogens with one attached hydrogen (secondary N) is 2. The average molecular weight is 438 g/mol. The van der Waals surface area contributed by atoms with Crippen molar-refractivity contribution in [2.45, 2.75) is 18.4 Å². The molecule has 1 heterocycles. The number of furan rings is 1. The van der Waals surface area contributed by atoms with E-state index in [-0.39, 0.29) is 30.0 Å². The van der Waals surface area contributed by atoms with Gasteiger partial charge in [0.05, 0.1) is 29.8 Å². The van der Waals surface area contributed by atoms with Gasteiger partial charge in [0, 0.05) is 24.6 Å². The third kappa shape index (κ3) is 6.23. The van der Waals surface area contributed by atoms with E-state index in [0.717, 1.165) is 4.90 Å². The second-order valence-electron chi connectivity index (χ2n) is 6.73. The van der Waals surface area contributed by atoms with Gasteiger partial charge >= 0.3 is 0 Å². The molecule has 0 spiro atoms. The molecule has 0 radical (unpaired) electrons. The number of carbonyl (C=O) groups excluding carboxylic acids is 3. The Kier molecular flexibility index (Phi) is 7.50. The molecular formula is C23H23N3O4S. The number of para-hydroxylation sites is 1. The van der Waals surface area contributed by atoms with Crippen molar-refractivity contribution in [3.8, 4) is 0 Å². The molecule has 3 aromatic rings. The van der Waals surface area contributed by atoms with Gasteiger partial charge in [-0.2, -0.15) is 0 Å². The maximum atomic E-state index is 12.8. The number of hydrogen-bond donors (Lipinski definition) is 2. The molecule has 160 valence electrons. The first-order valence-corrected chi connectivity index (χ1v) is 10.6. The zero-order valence-electron chi connectivity index (χ0n) is 17.3. The van der Waals surface area contributed by atoms with Gasteiger partial charge in [0.1, 0.15) is 5.76 Å². The Balaban J connectivity index is 1.61. The summed E-state index contributed by atoms with van der Waals surface area (Å²) in [4.78, 5) is 38.9. The molecule has 7 nitrogen and oxygen atoms in total. The number of benzene rings is 2. The van der Waals surface area contributed by atoms with Gasteiger partial charge in [-0.25, -0.2) is 0 Å². The van der Waals surface area contributed by atoms with Crippen LogP contribution in [0.1, 0.15) is 23.0 Å². The number of anilines is 2. The van der Waals surface area contributed by atoms with Gasteiger partial charge in [0.15, 0.2) is 0 Å². The molecule has 0 saturated heterocycles. The molecule has 3 amide bonds. The highest BCUT2D eigenvalue weighted by molar-refractivity contribution is 8.00. The summed E-state index contributed by atoms with van der Waals surface area (Å²) in [6.45, 7) is 1.72. The molecular weight excluding hydrogens is 414 g/mol. The summed E-state index contributed by atoms with van der Waals surface area (Å²) in [6.07, 6.45) is 1.55. The Morgan fingerprint density at radius 2 is 1.74 bits per heavy atom. The average Bonchev–Trinajstić information content (AvgIpc) is 3.29. The predicted octanol–water partition coefficient (Wildman–Crippen LogP) is 3.92. The van der Waals surface area contributed by atoms with E-state index in [1.165, 1.54) is 23.6 Å². The van der Waals surface area contributed by atoms with Gasteiger partial charge in [-0.15, -0.1) is 11.8 Å². The largest absolute Gasteiger partial charge is 0.467 e. The number of amides is 3. The Morgan fingerprint density at radius 1 is 1.00 bits per heavy atom. The molecule has 0 aliphatic carbocycles. The minimum atomic E-state index is -0.284. The van der Waals surface area contributed by atoms with E-state index in [2.05, 4.69) is 10.6 Å². The quantitative estimate of drug-likeness (QED) is 0.521. The molecule has 0 aliphatic heterocycles. The molecule has 0 aliphatic rings. The van der Waals surface area contributed by atoms with Crippen LogP contribution in [0.2, 0.25) is 0 Å². The van der Waals surface area contributed by atoms with Crippen LogP contribution in [0.4, 0.5) is 11.4 Å².